The second-order valence-electron chi connectivity index (χ2n) is 3.63. The molecule has 0 spiro atoms. The van der Waals surface area contributed by atoms with Crippen molar-refractivity contribution in [3.05, 3.63) is 60.7 Å². The van der Waals surface area contributed by atoms with Gasteiger partial charge in [0, 0.05) is 0 Å². The van der Waals surface area contributed by atoms with E-state index in [2.05, 4.69) is 71.5 Å². The van der Waals surface area contributed by atoms with E-state index in [0.29, 0.717) is 0 Å². The molecule has 0 aliphatic rings. The van der Waals surface area contributed by atoms with Crippen molar-refractivity contribution in [2.24, 2.45) is 0 Å². The Kier molecular flexibility index (Phi) is 4.05. The van der Waals surface area contributed by atoms with Crippen molar-refractivity contribution in [1.29, 1.82) is 0 Å². The van der Waals surface area contributed by atoms with Gasteiger partial charge in [-0.25, -0.2) is 0 Å². The van der Waals surface area contributed by atoms with Gasteiger partial charge in [0.2, 0.25) is 0 Å². The van der Waals surface area contributed by atoms with Gasteiger partial charge in [-0.05, 0) is 0 Å². The van der Waals surface area contributed by atoms with Crippen molar-refractivity contribution in [3.8, 4) is 0 Å². The van der Waals surface area contributed by atoms with Crippen LogP contribution < -0.4 is 3.88 Å². The maximum absolute atomic E-state index is 2.43. The van der Waals surface area contributed by atoms with Crippen LogP contribution in [0.4, 0.5) is 11.4 Å². The zero-order valence-corrected chi connectivity index (χ0v) is 10.7. The van der Waals surface area contributed by atoms with Crippen molar-refractivity contribution in [2.75, 3.05) is 3.88 Å². The molecular weight excluding hydrogens is 209 g/mol. The van der Waals surface area contributed by atoms with Gasteiger partial charge in [-0.15, -0.1) is 0 Å². The molecule has 0 fully saturated rings. The SMILES string of the molecule is C[CH2][Al+][N](c1ccccc1)c1ccccc1. The Morgan fingerprint density at radius 2 is 1.25 bits per heavy atom. The summed E-state index contributed by atoms with van der Waals surface area (Å²) in [6.07, 6.45) is 0. The van der Waals surface area contributed by atoms with Gasteiger partial charge in [-0.2, -0.15) is 0 Å². The fourth-order valence-electron chi connectivity index (χ4n) is 1.72. The Balaban J connectivity index is 2.31. The molecule has 0 atom stereocenters. The van der Waals surface area contributed by atoms with Gasteiger partial charge in [0.15, 0.2) is 0 Å². The van der Waals surface area contributed by atoms with Gasteiger partial charge >= 0.3 is 104 Å². The van der Waals surface area contributed by atoms with Crippen LogP contribution in [0.3, 0.4) is 0 Å². The van der Waals surface area contributed by atoms with Crippen LogP contribution in [-0.2, 0) is 0 Å². The summed E-state index contributed by atoms with van der Waals surface area (Å²) in [5.41, 5.74) is 2.59. The maximum atomic E-state index is 2.43. The van der Waals surface area contributed by atoms with Crippen LogP contribution in [0.25, 0.3) is 0 Å². The number of para-hydroxylation sites is 2. The third kappa shape index (κ3) is 2.67. The first-order valence-corrected chi connectivity index (χ1v) is 6.98. The summed E-state index contributed by atoms with van der Waals surface area (Å²) in [6, 6.07) is 21.2. The Labute approximate surface area is 104 Å². The van der Waals surface area contributed by atoms with E-state index >= 15 is 0 Å². The summed E-state index contributed by atoms with van der Waals surface area (Å²) in [4.78, 5) is 0. The van der Waals surface area contributed by atoms with E-state index < -0.39 is 0 Å². The molecule has 0 aliphatic carbocycles. The molecule has 0 unspecified atom stereocenters. The summed E-state index contributed by atoms with van der Waals surface area (Å²) in [5.74, 6) is 0. The van der Waals surface area contributed by atoms with Crippen LogP contribution in [0.1, 0.15) is 6.92 Å². The molecule has 0 heterocycles. The van der Waals surface area contributed by atoms with Gasteiger partial charge in [-0.3, -0.25) is 0 Å². The molecule has 0 bridgehead atoms. The third-order valence-corrected chi connectivity index (χ3v) is 3.76. The number of nitrogens with zero attached hydrogens (tertiary/aromatic N) is 1. The standard InChI is InChI=1S/C12H10N.C2H5.Al/c1-3-7-11(8-4-1)13-12-9-5-2-6-10-12;1-2;/h1-10H;1H2,2H3;/q-1;;+2. The van der Waals surface area contributed by atoms with E-state index in [0.717, 1.165) is 0 Å². The van der Waals surface area contributed by atoms with E-state index in [4.69, 9.17) is 0 Å². The minimum atomic E-state index is 0.283. The third-order valence-electron chi connectivity index (χ3n) is 2.43. The zero-order chi connectivity index (χ0) is 11.2. The van der Waals surface area contributed by atoms with Gasteiger partial charge < -0.3 is 0 Å². The van der Waals surface area contributed by atoms with Crippen LogP contribution in [-0.4, -0.2) is 15.4 Å². The van der Waals surface area contributed by atoms with Crippen LogP contribution in [0.15, 0.2) is 60.7 Å². The minimum absolute atomic E-state index is 0.283. The fraction of sp³-hybridized carbons (Fsp3) is 0.143. The molecule has 78 valence electrons. The van der Waals surface area contributed by atoms with Crippen molar-refractivity contribution < 1.29 is 0 Å². The zero-order valence-electron chi connectivity index (χ0n) is 9.51. The number of rotatable bonds is 4. The second-order valence-corrected chi connectivity index (χ2v) is 5.33. The van der Waals surface area contributed by atoms with Gasteiger partial charge in [0.05, 0.1) is 0 Å². The topological polar surface area (TPSA) is 3.24 Å². The van der Waals surface area contributed by atoms with E-state index in [-0.39, 0.29) is 15.4 Å². The Hall–Kier alpha value is -1.23. The molecule has 1 nitrogen and oxygen atoms in total. The molecule has 0 N–H and O–H groups in total. The molecular formula is C14H15AlN+. The summed E-state index contributed by atoms with van der Waals surface area (Å²) < 4.78 is 2.43. The van der Waals surface area contributed by atoms with Gasteiger partial charge in [-0.1, -0.05) is 0 Å². The number of hydrogen-bond donors (Lipinski definition) is 0. The Morgan fingerprint density at radius 1 is 0.812 bits per heavy atom. The molecule has 0 amide bonds. The molecule has 0 saturated carbocycles. The number of hydrogen-bond acceptors (Lipinski definition) is 1. The quantitative estimate of drug-likeness (QED) is 0.712. The predicted molar refractivity (Wildman–Crippen MR) is 71.3 cm³/mol. The number of benzene rings is 2. The van der Waals surface area contributed by atoms with Crippen molar-refractivity contribution in [1.82, 2.24) is 0 Å². The molecule has 2 aromatic rings. The molecule has 16 heavy (non-hydrogen) atoms. The van der Waals surface area contributed by atoms with Crippen molar-refractivity contribution >= 4 is 26.8 Å². The van der Waals surface area contributed by atoms with Gasteiger partial charge in [0.25, 0.3) is 0 Å². The summed E-state index contributed by atoms with van der Waals surface area (Å²) in [5, 5.41) is 1.23. The Morgan fingerprint density at radius 3 is 1.62 bits per heavy atom. The first-order chi connectivity index (χ1) is 7.92. The predicted octanol–water partition coefficient (Wildman–Crippen LogP) is 3.88. The second kappa shape index (κ2) is 5.75. The van der Waals surface area contributed by atoms with Crippen LogP contribution >= 0.6 is 0 Å². The average molecular weight is 224 g/mol. The molecule has 0 aromatic heterocycles. The molecule has 2 rings (SSSR count). The molecule has 0 saturated heterocycles. The molecule has 0 aliphatic heterocycles. The van der Waals surface area contributed by atoms with Crippen molar-refractivity contribution in [3.63, 3.8) is 0 Å². The van der Waals surface area contributed by atoms with E-state index in [1.807, 2.05) is 0 Å². The van der Waals surface area contributed by atoms with E-state index in [9.17, 15) is 0 Å². The normalized spacial score (nSPS) is 9.56. The molecule has 2 aromatic carbocycles. The first-order valence-electron chi connectivity index (χ1n) is 5.64. The summed E-state index contributed by atoms with van der Waals surface area (Å²) >= 11 is 0.283. The van der Waals surface area contributed by atoms with Crippen LogP contribution in [0.2, 0.25) is 5.28 Å². The van der Waals surface area contributed by atoms with Crippen molar-refractivity contribution in [2.45, 2.75) is 12.2 Å². The van der Waals surface area contributed by atoms with E-state index in [1.165, 1.54) is 16.7 Å². The van der Waals surface area contributed by atoms with E-state index in [1.54, 1.807) is 0 Å². The van der Waals surface area contributed by atoms with Crippen LogP contribution in [0, 0.1) is 0 Å². The molecule has 0 radical (unpaired) electrons. The fourth-order valence-corrected chi connectivity index (χ4v) is 2.85. The average Bonchev–Trinajstić information content (AvgIpc) is 2.38. The van der Waals surface area contributed by atoms with Gasteiger partial charge in [0.1, 0.15) is 0 Å². The molecule has 2 heteroatoms. The Bertz CT molecular complexity index is 374. The number of anilines is 2. The van der Waals surface area contributed by atoms with Crippen LogP contribution in [0.5, 0.6) is 0 Å². The summed E-state index contributed by atoms with van der Waals surface area (Å²) in [6.45, 7) is 2.24. The summed E-state index contributed by atoms with van der Waals surface area (Å²) in [7, 11) is 0. The monoisotopic (exact) mass is 224 g/mol. The first kappa shape index (κ1) is 11.3.